The molecule has 1 N–H and O–H groups in total. The van der Waals surface area contributed by atoms with Crippen LogP contribution in [0.1, 0.15) is 5.56 Å². The Kier molecular flexibility index (Phi) is 4.38. The van der Waals surface area contributed by atoms with Crippen molar-refractivity contribution in [3.8, 4) is 11.4 Å². The molecule has 116 valence electrons. The molecule has 0 saturated carbocycles. The molecule has 0 fully saturated rings. The summed E-state index contributed by atoms with van der Waals surface area (Å²) in [5, 5.41) is 7.05. The molecule has 0 aliphatic rings. The van der Waals surface area contributed by atoms with Gasteiger partial charge in [-0.2, -0.15) is 5.10 Å². The zero-order chi connectivity index (χ0) is 16.1. The van der Waals surface area contributed by atoms with Crippen molar-refractivity contribution in [3.63, 3.8) is 0 Å². The van der Waals surface area contributed by atoms with Gasteiger partial charge < -0.3 is 10.1 Å². The summed E-state index contributed by atoms with van der Waals surface area (Å²) in [6.45, 7) is 0. The standard InChI is InChI=1S/C18H17N3O2/c1-23-17-9-5-15(6-10-17)20-18(22)13-14-3-7-16(8-4-14)21-12-2-11-19-21/h2-12H,13H2,1H3,(H,20,22). The monoisotopic (exact) mass is 307 g/mol. The van der Waals surface area contributed by atoms with E-state index in [0.29, 0.717) is 6.42 Å². The van der Waals surface area contributed by atoms with Crippen molar-refractivity contribution in [2.75, 3.05) is 12.4 Å². The molecule has 1 aromatic heterocycles. The fourth-order valence-electron chi connectivity index (χ4n) is 2.25. The average molecular weight is 307 g/mol. The Morgan fingerprint density at radius 2 is 1.87 bits per heavy atom. The number of anilines is 1. The van der Waals surface area contributed by atoms with E-state index >= 15 is 0 Å². The van der Waals surface area contributed by atoms with Crippen LogP contribution < -0.4 is 10.1 Å². The number of carbonyl (C=O) groups excluding carboxylic acids is 1. The lowest BCUT2D eigenvalue weighted by Gasteiger charge is -2.07. The van der Waals surface area contributed by atoms with Crippen LogP contribution in [0.15, 0.2) is 67.0 Å². The first-order chi connectivity index (χ1) is 11.2. The zero-order valence-corrected chi connectivity index (χ0v) is 12.8. The summed E-state index contributed by atoms with van der Waals surface area (Å²) in [6, 6.07) is 16.9. The predicted molar refractivity (Wildman–Crippen MR) is 88.9 cm³/mol. The van der Waals surface area contributed by atoms with Gasteiger partial charge in [0.15, 0.2) is 0 Å². The van der Waals surface area contributed by atoms with E-state index in [-0.39, 0.29) is 5.91 Å². The highest BCUT2D eigenvalue weighted by molar-refractivity contribution is 5.92. The molecule has 0 radical (unpaired) electrons. The van der Waals surface area contributed by atoms with Crippen LogP contribution in [0.5, 0.6) is 5.75 Å². The first kappa shape index (κ1) is 14.8. The fraction of sp³-hybridized carbons (Fsp3) is 0.111. The number of ether oxygens (including phenoxy) is 1. The van der Waals surface area contributed by atoms with Gasteiger partial charge in [-0.05, 0) is 48.0 Å². The van der Waals surface area contributed by atoms with E-state index in [0.717, 1.165) is 22.7 Å². The van der Waals surface area contributed by atoms with Gasteiger partial charge in [0, 0.05) is 18.1 Å². The highest BCUT2D eigenvalue weighted by Crippen LogP contribution is 2.15. The number of amides is 1. The average Bonchev–Trinajstić information content (AvgIpc) is 3.11. The van der Waals surface area contributed by atoms with E-state index < -0.39 is 0 Å². The van der Waals surface area contributed by atoms with Crippen LogP contribution in [0, 0.1) is 0 Å². The van der Waals surface area contributed by atoms with E-state index in [4.69, 9.17) is 4.74 Å². The van der Waals surface area contributed by atoms with Gasteiger partial charge in [0.05, 0.1) is 19.2 Å². The molecule has 3 aromatic rings. The summed E-state index contributed by atoms with van der Waals surface area (Å²) in [7, 11) is 1.61. The zero-order valence-electron chi connectivity index (χ0n) is 12.8. The Morgan fingerprint density at radius 3 is 2.48 bits per heavy atom. The van der Waals surface area contributed by atoms with Gasteiger partial charge in [-0.3, -0.25) is 4.79 Å². The van der Waals surface area contributed by atoms with Gasteiger partial charge in [-0.15, -0.1) is 0 Å². The lowest BCUT2D eigenvalue weighted by Crippen LogP contribution is -2.14. The molecule has 5 heteroatoms. The Bertz CT molecular complexity index is 763. The third-order valence-electron chi connectivity index (χ3n) is 3.44. The molecule has 0 bridgehead atoms. The van der Waals surface area contributed by atoms with Gasteiger partial charge in [-0.25, -0.2) is 4.68 Å². The van der Waals surface area contributed by atoms with Crippen LogP contribution in [-0.2, 0) is 11.2 Å². The van der Waals surface area contributed by atoms with Gasteiger partial charge >= 0.3 is 0 Å². The second-order valence-electron chi connectivity index (χ2n) is 5.07. The molecule has 0 saturated heterocycles. The summed E-state index contributed by atoms with van der Waals surface area (Å²) in [5.74, 6) is 0.708. The van der Waals surface area contributed by atoms with Crippen LogP contribution >= 0.6 is 0 Å². The van der Waals surface area contributed by atoms with Crippen molar-refractivity contribution in [1.29, 1.82) is 0 Å². The first-order valence-electron chi connectivity index (χ1n) is 7.27. The number of rotatable bonds is 5. The van der Waals surface area contributed by atoms with Crippen molar-refractivity contribution in [2.45, 2.75) is 6.42 Å². The second kappa shape index (κ2) is 6.79. The third kappa shape index (κ3) is 3.77. The summed E-state index contributed by atoms with van der Waals surface area (Å²) in [6.07, 6.45) is 3.94. The molecule has 0 aliphatic heterocycles. The Labute approximate surface area is 134 Å². The number of hydrogen-bond donors (Lipinski definition) is 1. The number of nitrogens with one attached hydrogen (secondary N) is 1. The largest absolute Gasteiger partial charge is 0.497 e. The molecule has 0 spiro atoms. The summed E-state index contributed by atoms with van der Waals surface area (Å²) < 4.78 is 6.87. The number of carbonyl (C=O) groups is 1. The maximum Gasteiger partial charge on any atom is 0.228 e. The lowest BCUT2D eigenvalue weighted by atomic mass is 10.1. The maximum atomic E-state index is 12.1. The Hall–Kier alpha value is -3.08. The smallest absolute Gasteiger partial charge is 0.228 e. The first-order valence-corrected chi connectivity index (χ1v) is 7.27. The minimum absolute atomic E-state index is 0.0537. The van der Waals surface area contributed by atoms with Crippen molar-refractivity contribution >= 4 is 11.6 Å². The number of hydrogen-bond acceptors (Lipinski definition) is 3. The lowest BCUT2D eigenvalue weighted by molar-refractivity contribution is -0.115. The maximum absolute atomic E-state index is 12.1. The van der Waals surface area contributed by atoms with Crippen molar-refractivity contribution in [2.24, 2.45) is 0 Å². The van der Waals surface area contributed by atoms with Crippen LogP contribution in [0.4, 0.5) is 5.69 Å². The molecule has 0 atom stereocenters. The second-order valence-corrected chi connectivity index (χ2v) is 5.07. The van der Waals surface area contributed by atoms with Gasteiger partial charge in [-0.1, -0.05) is 12.1 Å². The molecule has 1 amide bonds. The number of methoxy groups -OCH3 is 1. The number of nitrogens with zero attached hydrogens (tertiary/aromatic N) is 2. The number of benzene rings is 2. The molecular formula is C18H17N3O2. The molecule has 0 unspecified atom stereocenters. The highest BCUT2D eigenvalue weighted by atomic mass is 16.5. The minimum atomic E-state index is -0.0537. The Balaban J connectivity index is 1.61. The van der Waals surface area contributed by atoms with Crippen LogP contribution in [0.2, 0.25) is 0 Å². The fourth-order valence-corrected chi connectivity index (χ4v) is 2.25. The normalized spacial score (nSPS) is 10.3. The van der Waals surface area contributed by atoms with E-state index in [2.05, 4.69) is 10.4 Å². The third-order valence-corrected chi connectivity index (χ3v) is 3.44. The van der Waals surface area contributed by atoms with E-state index in [1.54, 1.807) is 18.0 Å². The molecular weight excluding hydrogens is 290 g/mol. The van der Waals surface area contributed by atoms with Gasteiger partial charge in [0.25, 0.3) is 0 Å². The SMILES string of the molecule is COc1ccc(NC(=O)Cc2ccc(-n3cccn3)cc2)cc1. The molecule has 1 heterocycles. The van der Waals surface area contributed by atoms with E-state index in [9.17, 15) is 4.79 Å². The van der Waals surface area contributed by atoms with Crippen molar-refractivity contribution < 1.29 is 9.53 Å². The van der Waals surface area contributed by atoms with Crippen molar-refractivity contribution in [3.05, 3.63) is 72.6 Å². The number of aromatic nitrogens is 2. The summed E-state index contributed by atoms with van der Waals surface area (Å²) >= 11 is 0. The van der Waals surface area contributed by atoms with Crippen molar-refractivity contribution in [1.82, 2.24) is 9.78 Å². The van der Waals surface area contributed by atoms with Crippen LogP contribution in [0.25, 0.3) is 5.69 Å². The molecule has 3 rings (SSSR count). The van der Waals surface area contributed by atoms with E-state index in [1.165, 1.54) is 0 Å². The van der Waals surface area contributed by atoms with Crippen LogP contribution in [-0.4, -0.2) is 22.8 Å². The van der Waals surface area contributed by atoms with E-state index in [1.807, 2.05) is 60.8 Å². The topological polar surface area (TPSA) is 56.1 Å². The van der Waals surface area contributed by atoms with Gasteiger partial charge in [0.1, 0.15) is 5.75 Å². The minimum Gasteiger partial charge on any atom is -0.497 e. The predicted octanol–water partition coefficient (Wildman–Crippen LogP) is 3.06. The molecule has 5 nitrogen and oxygen atoms in total. The highest BCUT2D eigenvalue weighted by Gasteiger charge is 2.05. The van der Waals surface area contributed by atoms with Crippen LogP contribution in [0.3, 0.4) is 0 Å². The summed E-state index contributed by atoms with van der Waals surface area (Å²) in [4.78, 5) is 12.1. The molecule has 2 aromatic carbocycles. The molecule has 0 aliphatic carbocycles. The Morgan fingerprint density at radius 1 is 1.13 bits per heavy atom. The van der Waals surface area contributed by atoms with Gasteiger partial charge in [0.2, 0.25) is 5.91 Å². The molecule has 23 heavy (non-hydrogen) atoms. The quantitative estimate of drug-likeness (QED) is 0.788. The summed E-state index contributed by atoms with van der Waals surface area (Å²) in [5.41, 5.74) is 2.67.